The number of primary amides is 1. The second kappa shape index (κ2) is 6.38. The molecule has 0 unspecified atom stereocenters. The lowest BCUT2D eigenvalue weighted by Crippen LogP contribution is -2.43. The molecule has 7 heteroatoms. The minimum absolute atomic E-state index is 0.148. The van der Waals surface area contributed by atoms with Crippen molar-refractivity contribution in [3.63, 3.8) is 0 Å². The molecule has 1 aromatic heterocycles. The molecule has 1 aliphatic carbocycles. The Morgan fingerprint density at radius 2 is 2.16 bits per heavy atom. The van der Waals surface area contributed by atoms with Crippen LogP contribution in [0.5, 0.6) is 0 Å². The van der Waals surface area contributed by atoms with E-state index in [0.717, 1.165) is 37.1 Å². The summed E-state index contributed by atoms with van der Waals surface area (Å²) in [6.07, 6.45) is 4.42. The average Bonchev–Trinajstić information content (AvgIpc) is 3.34. The van der Waals surface area contributed by atoms with Crippen LogP contribution in [0.1, 0.15) is 43.9 Å². The number of carbonyl (C=O) groups is 2. The van der Waals surface area contributed by atoms with Crippen molar-refractivity contribution in [3.05, 3.63) is 24.1 Å². The van der Waals surface area contributed by atoms with Crippen LogP contribution in [0, 0.1) is 5.92 Å². The molecule has 0 spiro atoms. The van der Waals surface area contributed by atoms with E-state index < -0.39 is 0 Å². The number of urea groups is 1. The number of aromatic nitrogens is 1. The Morgan fingerprint density at radius 3 is 2.92 bits per heavy atom. The number of piperidine rings is 1. The first-order valence-corrected chi connectivity index (χ1v) is 8.83. The maximum atomic E-state index is 12.5. The van der Waals surface area contributed by atoms with E-state index in [-0.39, 0.29) is 17.9 Å². The van der Waals surface area contributed by atoms with Gasteiger partial charge in [0.2, 0.25) is 5.91 Å². The van der Waals surface area contributed by atoms with Gasteiger partial charge in [-0.05, 0) is 43.7 Å². The molecule has 2 aromatic rings. The van der Waals surface area contributed by atoms with Gasteiger partial charge in [-0.3, -0.25) is 4.79 Å². The van der Waals surface area contributed by atoms with Crippen LogP contribution in [0.15, 0.2) is 22.6 Å². The molecule has 1 saturated heterocycles. The minimum Gasteiger partial charge on any atom is -0.440 e. The Bertz CT molecular complexity index is 812. The highest BCUT2D eigenvalue weighted by Gasteiger charge is 2.29. The molecule has 2 aliphatic rings. The largest absolute Gasteiger partial charge is 0.440 e. The molecule has 1 aromatic carbocycles. The van der Waals surface area contributed by atoms with Gasteiger partial charge in [-0.1, -0.05) is 0 Å². The van der Waals surface area contributed by atoms with E-state index in [1.165, 1.54) is 0 Å². The molecule has 2 fully saturated rings. The summed E-state index contributed by atoms with van der Waals surface area (Å²) >= 11 is 0. The number of rotatable bonds is 4. The fourth-order valence-electron chi connectivity index (χ4n) is 3.43. The SMILES string of the molecule is NC(=O)C[C@H]1CCCN(C(=O)Nc2ccc3nc(C4CC4)oc3c2)C1. The van der Waals surface area contributed by atoms with Gasteiger partial charge < -0.3 is 20.4 Å². The first-order valence-electron chi connectivity index (χ1n) is 8.83. The second-order valence-electron chi connectivity index (χ2n) is 7.06. The Hall–Kier alpha value is -2.57. The summed E-state index contributed by atoms with van der Waals surface area (Å²) in [5, 5.41) is 2.91. The standard InChI is InChI=1S/C18H22N4O3/c19-16(23)8-11-2-1-7-22(10-11)18(24)20-13-5-6-14-15(9-13)25-17(21-14)12-3-4-12/h5-6,9,11-12H,1-4,7-8,10H2,(H2,19,23)(H,20,24)/t11-/m1/s1. The first kappa shape index (κ1) is 15.9. The third-order valence-electron chi connectivity index (χ3n) is 4.88. The number of nitrogens with one attached hydrogen (secondary N) is 1. The maximum Gasteiger partial charge on any atom is 0.321 e. The van der Waals surface area contributed by atoms with Crippen LogP contribution in [0.3, 0.4) is 0 Å². The molecule has 1 aliphatic heterocycles. The topological polar surface area (TPSA) is 101 Å². The molecule has 1 saturated carbocycles. The predicted molar refractivity (Wildman–Crippen MR) is 93.1 cm³/mol. The van der Waals surface area contributed by atoms with Crippen LogP contribution in [0.2, 0.25) is 0 Å². The Labute approximate surface area is 145 Å². The third-order valence-corrected chi connectivity index (χ3v) is 4.88. The number of nitrogens with zero attached hydrogens (tertiary/aromatic N) is 2. The summed E-state index contributed by atoms with van der Waals surface area (Å²) in [6.45, 7) is 1.25. The summed E-state index contributed by atoms with van der Waals surface area (Å²) < 4.78 is 5.79. The Balaban J connectivity index is 1.42. The number of benzene rings is 1. The molecule has 2 heterocycles. The van der Waals surface area contributed by atoms with Gasteiger partial charge in [0.25, 0.3) is 0 Å². The maximum absolute atomic E-state index is 12.5. The van der Waals surface area contributed by atoms with Gasteiger partial charge in [0.15, 0.2) is 11.5 Å². The number of amides is 3. The van der Waals surface area contributed by atoms with E-state index in [9.17, 15) is 9.59 Å². The summed E-state index contributed by atoms with van der Waals surface area (Å²) in [4.78, 5) is 29.8. The molecule has 7 nitrogen and oxygen atoms in total. The van der Waals surface area contributed by atoms with E-state index in [4.69, 9.17) is 10.2 Å². The van der Waals surface area contributed by atoms with Crippen molar-refractivity contribution >= 4 is 28.7 Å². The fraction of sp³-hybridized carbons (Fsp3) is 0.500. The summed E-state index contributed by atoms with van der Waals surface area (Å²) in [5.74, 6) is 1.09. The van der Waals surface area contributed by atoms with Crippen molar-refractivity contribution in [2.75, 3.05) is 18.4 Å². The number of nitrogens with two attached hydrogens (primary N) is 1. The van der Waals surface area contributed by atoms with Crippen molar-refractivity contribution in [2.24, 2.45) is 11.7 Å². The summed E-state index contributed by atoms with van der Waals surface area (Å²) in [5.41, 5.74) is 7.48. The Kier molecular flexibility index (Phi) is 4.07. The van der Waals surface area contributed by atoms with Gasteiger partial charge in [-0.15, -0.1) is 0 Å². The number of oxazole rings is 1. The highest BCUT2D eigenvalue weighted by atomic mass is 16.3. The fourth-order valence-corrected chi connectivity index (χ4v) is 3.43. The molecule has 1 atom stereocenters. The van der Waals surface area contributed by atoms with Gasteiger partial charge in [-0.2, -0.15) is 0 Å². The van der Waals surface area contributed by atoms with Crippen molar-refractivity contribution in [1.29, 1.82) is 0 Å². The quantitative estimate of drug-likeness (QED) is 0.892. The average molecular weight is 342 g/mol. The van der Waals surface area contributed by atoms with Crippen molar-refractivity contribution in [1.82, 2.24) is 9.88 Å². The van der Waals surface area contributed by atoms with Gasteiger partial charge in [-0.25, -0.2) is 9.78 Å². The molecule has 25 heavy (non-hydrogen) atoms. The summed E-state index contributed by atoms with van der Waals surface area (Å²) in [6, 6.07) is 5.36. The molecular formula is C18H22N4O3. The first-order chi connectivity index (χ1) is 12.1. The molecular weight excluding hydrogens is 320 g/mol. The van der Waals surface area contributed by atoms with Crippen LogP contribution in [-0.2, 0) is 4.79 Å². The lowest BCUT2D eigenvalue weighted by Gasteiger charge is -2.32. The summed E-state index contributed by atoms with van der Waals surface area (Å²) in [7, 11) is 0. The molecule has 3 N–H and O–H groups in total. The van der Waals surface area contributed by atoms with Crippen molar-refractivity contribution in [2.45, 2.75) is 38.0 Å². The van der Waals surface area contributed by atoms with Gasteiger partial charge in [0.05, 0.1) is 0 Å². The number of hydrogen-bond acceptors (Lipinski definition) is 4. The van der Waals surface area contributed by atoms with E-state index in [2.05, 4.69) is 10.3 Å². The van der Waals surface area contributed by atoms with Crippen LogP contribution in [0.4, 0.5) is 10.5 Å². The van der Waals surface area contributed by atoms with Crippen LogP contribution in [-0.4, -0.2) is 34.9 Å². The monoisotopic (exact) mass is 342 g/mol. The molecule has 4 rings (SSSR count). The number of likely N-dealkylation sites (tertiary alicyclic amines) is 1. The van der Waals surface area contributed by atoms with Crippen LogP contribution in [0.25, 0.3) is 11.1 Å². The highest BCUT2D eigenvalue weighted by Crippen LogP contribution is 2.40. The Morgan fingerprint density at radius 1 is 1.32 bits per heavy atom. The third kappa shape index (κ3) is 3.60. The van der Waals surface area contributed by atoms with E-state index >= 15 is 0 Å². The van der Waals surface area contributed by atoms with E-state index in [1.807, 2.05) is 18.2 Å². The van der Waals surface area contributed by atoms with Crippen molar-refractivity contribution < 1.29 is 14.0 Å². The van der Waals surface area contributed by atoms with E-state index in [1.54, 1.807) is 4.90 Å². The minimum atomic E-state index is -0.311. The highest BCUT2D eigenvalue weighted by molar-refractivity contribution is 5.91. The number of anilines is 1. The van der Waals surface area contributed by atoms with Crippen LogP contribution >= 0.6 is 0 Å². The second-order valence-corrected chi connectivity index (χ2v) is 7.06. The molecule has 3 amide bonds. The number of fused-ring (bicyclic) bond motifs is 1. The number of hydrogen-bond donors (Lipinski definition) is 2. The smallest absolute Gasteiger partial charge is 0.321 e. The normalized spacial score (nSPS) is 20.6. The zero-order valence-electron chi connectivity index (χ0n) is 14.0. The predicted octanol–water partition coefficient (Wildman–Crippen LogP) is 2.82. The van der Waals surface area contributed by atoms with Gasteiger partial charge in [0.1, 0.15) is 5.52 Å². The van der Waals surface area contributed by atoms with E-state index in [0.29, 0.717) is 36.7 Å². The number of carbonyl (C=O) groups excluding carboxylic acids is 2. The zero-order chi connectivity index (χ0) is 17.4. The lowest BCUT2D eigenvalue weighted by molar-refractivity contribution is -0.119. The van der Waals surface area contributed by atoms with Crippen LogP contribution < -0.4 is 11.1 Å². The lowest BCUT2D eigenvalue weighted by atomic mass is 9.95. The van der Waals surface area contributed by atoms with Gasteiger partial charge >= 0.3 is 6.03 Å². The molecule has 132 valence electrons. The zero-order valence-corrected chi connectivity index (χ0v) is 14.0. The molecule has 0 radical (unpaired) electrons. The molecule has 0 bridgehead atoms. The van der Waals surface area contributed by atoms with Crippen molar-refractivity contribution in [3.8, 4) is 0 Å². The van der Waals surface area contributed by atoms with Gasteiger partial charge in [0, 0.05) is 37.2 Å².